The van der Waals surface area contributed by atoms with E-state index in [4.69, 9.17) is 0 Å². The molecule has 0 aliphatic carbocycles. The minimum Gasteiger partial charge on any atom is -0.508 e. The Labute approximate surface area is 179 Å². The van der Waals surface area contributed by atoms with Gasteiger partial charge in [0, 0.05) is 17.1 Å². The molecule has 0 saturated heterocycles. The van der Waals surface area contributed by atoms with Gasteiger partial charge in [-0.2, -0.15) is 4.98 Å². The highest BCUT2D eigenvalue weighted by atomic mass is 32.2. The third-order valence-corrected chi connectivity index (χ3v) is 5.77. The summed E-state index contributed by atoms with van der Waals surface area (Å²) in [6.07, 6.45) is 1.01. The molecular formula is C22H23N5O2S. The third kappa shape index (κ3) is 4.04. The Morgan fingerprint density at radius 2 is 2.03 bits per heavy atom. The van der Waals surface area contributed by atoms with Crippen LogP contribution in [0.15, 0.2) is 71.0 Å². The number of phenols is 1. The summed E-state index contributed by atoms with van der Waals surface area (Å²) in [6.45, 7) is 3.96. The van der Waals surface area contributed by atoms with Crippen LogP contribution in [-0.4, -0.2) is 31.5 Å². The summed E-state index contributed by atoms with van der Waals surface area (Å²) in [7, 11) is 0. The van der Waals surface area contributed by atoms with Crippen LogP contribution in [0.5, 0.6) is 5.75 Å². The van der Waals surface area contributed by atoms with Gasteiger partial charge in [0.1, 0.15) is 11.8 Å². The zero-order chi connectivity index (χ0) is 21.1. The maximum absolute atomic E-state index is 13.3. The number of aromatic nitrogens is 3. The number of para-hydroxylation sites is 1. The first-order chi connectivity index (χ1) is 14.6. The van der Waals surface area contributed by atoms with Gasteiger partial charge in [0.15, 0.2) is 0 Å². The van der Waals surface area contributed by atoms with E-state index in [0.29, 0.717) is 28.1 Å². The van der Waals surface area contributed by atoms with Gasteiger partial charge in [-0.25, -0.2) is 4.68 Å². The molecule has 1 aromatic heterocycles. The van der Waals surface area contributed by atoms with Crippen molar-refractivity contribution in [1.82, 2.24) is 14.8 Å². The van der Waals surface area contributed by atoms with E-state index in [2.05, 4.69) is 27.6 Å². The van der Waals surface area contributed by atoms with Gasteiger partial charge in [-0.1, -0.05) is 49.0 Å². The quantitative estimate of drug-likeness (QED) is 0.511. The number of phenolic OH excluding ortho intramolecular Hbond substituents is 1. The number of carbonyl (C=O) groups excluding carboxylic acids is 1. The van der Waals surface area contributed by atoms with Crippen LogP contribution < -0.4 is 10.6 Å². The maximum Gasteiger partial charge on any atom is 0.255 e. The molecule has 1 atom stereocenters. The number of hydrogen-bond acceptors (Lipinski definition) is 6. The largest absolute Gasteiger partial charge is 0.508 e. The van der Waals surface area contributed by atoms with Crippen molar-refractivity contribution in [3.8, 4) is 5.75 Å². The second-order valence-corrected chi connectivity index (χ2v) is 8.05. The normalized spacial score (nSPS) is 15.5. The van der Waals surface area contributed by atoms with Crippen molar-refractivity contribution in [2.75, 3.05) is 16.4 Å². The molecule has 30 heavy (non-hydrogen) atoms. The SMILES string of the molecule is CCCSc1nc2n(n1)C(c1cccc(O)c1)C(C(=O)Nc1ccccc1)=C(C)N2. The molecule has 8 heteroatoms. The van der Waals surface area contributed by atoms with Crippen LogP contribution in [0.1, 0.15) is 31.9 Å². The van der Waals surface area contributed by atoms with E-state index in [0.717, 1.165) is 17.7 Å². The predicted molar refractivity (Wildman–Crippen MR) is 119 cm³/mol. The first kappa shape index (κ1) is 20.0. The van der Waals surface area contributed by atoms with Crippen LogP contribution in [0.25, 0.3) is 0 Å². The summed E-state index contributed by atoms with van der Waals surface area (Å²) < 4.78 is 1.72. The summed E-state index contributed by atoms with van der Waals surface area (Å²) in [5.41, 5.74) is 2.69. The van der Waals surface area contributed by atoms with Gasteiger partial charge >= 0.3 is 0 Å². The van der Waals surface area contributed by atoms with Crippen LogP contribution in [0.3, 0.4) is 0 Å². The van der Waals surface area contributed by atoms with E-state index in [9.17, 15) is 9.90 Å². The highest BCUT2D eigenvalue weighted by Crippen LogP contribution is 2.37. The molecule has 0 fully saturated rings. The molecule has 0 bridgehead atoms. The number of rotatable bonds is 6. The Balaban J connectivity index is 1.77. The average Bonchev–Trinajstić information content (AvgIpc) is 3.14. The van der Waals surface area contributed by atoms with Gasteiger partial charge in [-0.05, 0) is 43.2 Å². The molecule has 1 unspecified atom stereocenters. The number of nitrogens with zero attached hydrogens (tertiary/aromatic N) is 3. The Bertz CT molecular complexity index is 1090. The van der Waals surface area contributed by atoms with Crippen molar-refractivity contribution in [2.45, 2.75) is 31.5 Å². The molecule has 0 saturated carbocycles. The number of fused-ring (bicyclic) bond motifs is 1. The molecule has 154 valence electrons. The lowest BCUT2D eigenvalue weighted by atomic mass is 9.95. The number of hydrogen-bond donors (Lipinski definition) is 3. The number of aromatic hydroxyl groups is 1. The molecule has 2 heterocycles. The molecule has 1 amide bonds. The fourth-order valence-corrected chi connectivity index (χ4v) is 4.09. The molecule has 1 aliphatic heterocycles. The van der Waals surface area contributed by atoms with Gasteiger partial charge in [-0.3, -0.25) is 4.79 Å². The van der Waals surface area contributed by atoms with Crippen LogP contribution in [-0.2, 0) is 4.79 Å². The molecule has 0 spiro atoms. The van der Waals surface area contributed by atoms with Crippen LogP contribution in [0, 0.1) is 0 Å². The minimum atomic E-state index is -0.513. The van der Waals surface area contributed by atoms with Gasteiger partial charge in [0.25, 0.3) is 5.91 Å². The minimum absolute atomic E-state index is 0.133. The molecule has 3 aromatic rings. The van der Waals surface area contributed by atoms with Gasteiger partial charge in [0.05, 0.1) is 5.57 Å². The molecule has 0 radical (unpaired) electrons. The predicted octanol–water partition coefficient (Wildman–Crippen LogP) is 4.41. The van der Waals surface area contributed by atoms with Crippen molar-refractivity contribution in [2.24, 2.45) is 0 Å². The van der Waals surface area contributed by atoms with Crippen molar-refractivity contribution in [1.29, 1.82) is 0 Å². The maximum atomic E-state index is 13.3. The van der Waals surface area contributed by atoms with E-state index in [1.54, 1.807) is 34.6 Å². The zero-order valence-corrected chi connectivity index (χ0v) is 17.6. The number of benzene rings is 2. The van der Waals surface area contributed by atoms with Crippen LogP contribution in [0.2, 0.25) is 0 Å². The van der Waals surface area contributed by atoms with Gasteiger partial charge < -0.3 is 15.7 Å². The number of nitrogens with one attached hydrogen (secondary N) is 2. The summed E-state index contributed by atoms with van der Waals surface area (Å²) in [4.78, 5) is 17.9. The second-order valence-electron chi connectivity index (χ2n) is 6.99. The Morgan fingerprint density at radius 1 is 1.23 bits per heavy atom. The smallest absolute Gasteiger partial charge is 0.255 e. The number of carbonyl (C=O) groups is 1. The number of amides is 1. The van der Waals surface area contributed by atoms with Gasteiger partial charge in [-0.15, -0.1) is 5.10 Å². The molecular weight excluding hydrogens is 398 g/mol. The standard InChI is InChI=1S/C22H23N5O2S/c1-3-12-30-22-25-21-23-14(2)18(20(29)24-16-9-5-4-6-10-16)19(27(21)26-22)15-8-7-11-17(28)13-15/h4-11,13,19,28H,3,12H2,1-2H3,(H,24,29)(H,23,25,26). The molecule has 2 aromatic carbocycles. The topological polar surface area (TPSA) is 92.1 Å². The first-order valence-electron chi connectivity index (χ1n) is 9.79. The Morgan fingerprint density at radius 3 is 2.77 bits per heavy atom. The summed E-state index contributed by atoms with van der Waals surface area (Å²) in [5, 5.41) is 21.6. The van der Waals surface area contributed by atoms with E-state index in [1.807, 2.05) is 43.3 Å². The molecule has 1 aliphatic rings. The summed E-state index contributed by atoms with van der Waals surface area (Å²) in [6, 6.07) is 15.7. The van der Waals surface area contributed by atoms with E-state index in [1.165, 1.54) is 0 Å². The van der Waals surface area contributed by atoms with Crippen LogP contribution in [0.4, 0.5) is 11.6 Å². The fraction of sp³-hybridized carbons (Fsp3) is 0.227. The fourth-order valence-electron chi connectivity index (χ4n) is 3.40. The highest BCUT2D eigenvalue weighted by molar-refractivity contribution is 7.99. The molecule has 4 rings (SSSR count). The average molecular weight is 422 g/mol. The third-order valence-electron chi connectivity index (χ3n) is 4.73. The lowest BCUT2D eigenvalue weighted by Crippen LogP contribution is -2.31. The van der Waals surface area contributed by atoms with Crippen molar-refractivity contribution < 1.29 is 9.90 Å². The number of allylic oxidation sites excluding steroid dienone is 1. The number of thioether (sulfide) groups is 1. The van der Waals surface area contributed by atoms with Crippen molar-refractivity contribution in [3.05, 3.63) is 71.4 Å². The highest BCUT2D eigenvalue weighted by Gasteiger charge is 2.34. The molecule has 3 N–H and O–H groups in total. The number of anilines is 2. The Hall–Kier alpha value is -3.26. The zero-order valence-electron chi connectivity index (χ0n) is 16.8. The molecule has 7 nitrogen and oxygen atoms in total. The second kappa shape index (κ2) is 8.62. The lowest BCUT2D eigenvalue weighted by molar-refractivity contribution is -0.113. The monoisotopic (exact) mass is 421 g/mol. The van der Waals surface area contributed by atoms with Crippen LogP contribution >= 0.6 is 11.8 Å². The summed E-state index contributed by atoms with van der Waals surface area (Å²) in [5.74, 6) is 1.39. The van der Waals surface area contributed by atoms with Crippen molar-refractivity contribution >= 4 is 29.3 Å². The van der Waals surface area contributed by atoms with Crippen molar-refractivity contribution in [3.63, 3.8) is 0 Å². The summed E-state index contributed by atoms with van der Waals surface area (Å²) >= 11 is 1.58. The van der Waals surface area contributed by atoms with Gasteiger partial charge in [0.2, 0.25) is 11.1 Å². The first-order valence-corrected chi connectivity index (χ1v) is 10.8. The van der Waals surface area contributed by atoms with E-state index in [-0.39, 0.29) is 11.7 Å². The van der Waals surface area contributed by atoms with E-state index >= 15 is 0 Å². The lowest BCUT2D eigenvalue weighted by Gasteiger charge is -2.28. The van der Waals surface area contributed by atoms with E-state index < -0.39 is 6.04 Å². The Kier molecular flexibility index (Phi) is 5.76.